The van der Waals surface area contributed by atoms with Crippen LogP contribution in [0.1, 0.15) is 38.9 Å². The van der Waals surface area contributed by atoms with Crippen molar-refractivity contribution in [2.24, 2.45) is 0 Å². The lowest BCUT2D eigenvalue weighted by Crippen LogP contribution is -2.10. The van der Waals surface area contributed by atoms with Crippen LogP contribution in [0.25, 0.3) is 21.8 Å². The molecule has 0 unspecified atom stereocenters. The number of nitrogens with one attached hydrogen (secondary N) is 1. The van der Waals surface area contributed by atoms with Crippen LogP contribution in [0.5, 0.6) is 0 Å². The average molecular weight is 415 g/mol. The second-order valence-corrected chi connectivity index (χ2v) is 7.22. The molecule has 0 atom stereocenters. The van der Waals surface area contributed by atoms with E-state index in [4.69, 9.17) is 9.72 Å². The van der Waals surface area contributed by atoms with Crippen LogP contribution in [0.3, 0.4) is 0 Å². The molecule has 2 N–H and O–H groups in total. The molecular weight excluding hydrogens is 394 g/mol. The minimum atomic E-state index is -1.03. The number of carbonyl (C=O) groups is 2. The first kappa shape index (κ1) is 20.3. The maximum atomic E-state index is 12.7. The maximum absolute atomic E-state index is 12.7. The van der Waals surface area contributed by atoms with Gasteiger partial charge in [0.15, 0.2) is 0 Å². The first-order chi connectivity index (χ1) is 14.9. The van der Waals surface area contributed by atoms with Crippen molar-refractivity contribution in [3.05, 3.63) is 71.0 Å². The average Bonchev–Trinajstić information content (AvgIpc) is 2.74. The number of ether oxygens (including phenoxy) is 1. The van der Waals surface area contributed by atoms with E-state index in [-0.39, 0.29) is 17.7 Å². The van der Waals surface area contributed by atoms with E-state index in [1.807, 2.05) is 32.0 Å². The molecule has 0 saturated carbocycles. The number of pyridine rings is 2. The Bertz CT molecular complexity index is 1350. The highest BCUT2D eigenvalue weighted by atomic mass is 16.5. The Hall–Kier alpha value is -4.00. The van der Waals surface area contributed by atoms with Crippen LogP contribution in [0, 0.1) is 13.8 Å². The zero-order chi connectivity index (χ0) is 22.1. The second-order valence-electron chi connectivity index (χ2n) is 7.22. The zero-order valence-corrected chi connectivity index (χ0v) is 17.4. The molecule has 2 heterocycles. The standard InChI is InChI=1S/C24H21N3O4/c1-4-31-24(30)18-12-25-21-17-10-13(2)8-9-19(17)26-14(3)20(21)22(18)27-16-7-5-6-15(11-16)23(28)29/h5-12H,4H2,1-3H3,(H,25,27)(H,28,29). The Morgan fingerprint density at radius 3 is 2.68 bits per heavy atom. The first-order valence-corrected chi connectivity index (χ1v) is 9.86. The largest absolute Gasteiger partial charge is 0.478 e. The Morgan fingerprint density at radius 2 is 1.94 bits per heavy atom. The molecule has 7 nitrogen and oxygen atoms in total. The van der Waals surface area contributed by atoms with Gasteiger partial charge in [-0.1, -0.05) is 17.7 Å². The monoisotopic (exact) mass is 415 g/mol. The van der Waals surface area contributed by atoms with Gasteiger partial charge in [0.1, 0.15) is 5.56 Å². The molecule has 4 rings (SSSR count). The zero-order valence-electron chi connectivity index (χ0n) is 17.4. The number of fused-ring (bicyclic) bond motifs is 3. The van der Waals surface area contributed by atoms with E-state index in [1.165, 1.54) is 18.3 Å². The molecule has 156 valence electrons. The number of benzene rings is 2. The topological polar surface area (TPSA) is 101 Å². The number of carboxylic acid groups (broad SMARTS) is 1. The smallest absolute Gasteiger partial charge is 0.341 e. The summed E-state index contributed by atoms with van der Waals surface area (Å²) in [5.74, 6) is -1.55. The van der Waals surface area contributed by atoms with Crippen molar-refractivity contribution < 1.29 is 19.4 Å². The van der Waals surface area contributed by atoms with Gasteiger partial charge in [-0.05, 0) is 51.1 Å². The highest BCUT2D eigenvalue weighted by Gasteiger charge is 2.21. The van der Waals surface area contributed by atoms with E-state index in [9.17, 15) is 14.7 Å². The lowest BCUT2D eigenvalue weighted by atomic mass is 10.0. The fourth-order valence-electron chi connectivity index (χ4n) is 3.61. The predicted molar refractivity (Wildman–Crippen MR) is 119 cm³/mol. The number of anilines is 2. The molecule has 0 radical (unpaired) electrons. The molecule has 2 aromatic heterocycles. The molecule has 7 heteroatoms. The van der Waals surface area contributed by atoms with Gasteiger partial charge in [-0.15, -0.1) is 0 Å². The molecule has 0 fully saturated rings. The van der Waals surface area contributed by atoms with Crippen LogP contribution >= 0.6 is 0 Å². The Morgan fingerprint density at radius 1 is 1.13 bits per heavy atom. The third-order valence-corrected chi connectivity index (χ3v) is 5.01. The van der Waals surface area contributed by atoms with E-state index in [0.717, 1.165) is 16.5 Å². The van der Waals surface area contributed by atoms with Gasteiger partial charge < -0.3 is 15.2 Å². The SMILES string of the molecule is CCOC(=O)c1cnc2c(c(C)nc3ccc(C)cc32)c1Nc1cccc(C(=O)O)c1. The molecule has 0 spiro atoms. The van der Waals surface area contributed by atoms with Gasteiger partial charge in [0.05, 0.1) is 28.9 Å². The van der Waals surface area contributed by atoms with Crippen LogP contribution in [0.4, 0.5) is 11.4 Å². The number of aryl methyl sites for hydroxylation is 2. The molecular formula is C24H21N3O4. The number of esters is 1. The van der Waals surface area contributed by atoms with E-state index >= 15 is 0 Å². The fourth-order valence-corrected chi connectivity index (χ4v) is 3.61. The fraction of sp³-hybridized carbons (Fsp3) is 0.167. The van der Waals surface area contributed by atoms with E-state index in [2.05, 4.69) is 10.3 Å². The van der Waals surface area contributed by atoms with Crippen LogP contribution < -0.4 is 5.32 Å². The van der Waals surface area contributed by atoms with Crippen molar-refractivity contribution in [2.45, 2.75) is 20.8 Å². The minimum absolute atomic E-state index is 0.136. The Balaban J connectivity index is 2.01. The molecule has 2 aromatic carbocycles. The van der Waals surface area contributed by atoms with Crippen molar-refractivity contribution >= 4 is 45.1 Å². The number of hydrogen-bond acceptors (Lipinski definition) is 6. The summed E-state index contributed by atoms with van der Waals surface area (Å²) < 4.78 is 5.23. The number of aromatic carboxylic acids is 1. The lowest BCUT2D eigenvalue weighted by molar-refractivity contribution is 0.0526. The molecule has 0 aliphatic rings. The molecule has 0 aliphatic heterocycles. The molecule has 0 amide bonds. The number of carboxylic acids is 1. The minimum Gasteiger partial charge on any atom is -0.478 e. The number of rotatable bonds is 5. The van der Waals surface area contributed by atoms with Gasteiger partial charge in [-0.2, -0.15) is 0 Å². The van der Waals surface area contributed by atoms with Crippen molar-refractivity contribution in [1.82, 2.24) is 9.97 Å². The van der Waals surface area contributed by atoms with Gasteiger partial charge in [-0.3, -0.25) is 9.97 Å². The quantitative estimate of drug-likeness (QED) is 0.349. The van der Waals surface area contributed by atoms with Gasteiger partial charge in [-0.25, -0.2) is 9.59 Å². The summed E-state index contributed by atoms with van der Waals surface area (Å²) in [5, 5.41) is 14.1. The summed E-state index contributed by atoms with van der Waals surface area (Å²) in [7, 11) is 0. The van der Waals surface area contributed by atoms with Gasteiger partial charge in [0, 0.05) is 28.4 Å². The summed E-state index contributed by atoms with van der Waals surface area (Å²) in [5.41, 5.74) is 4.69. The summed E-state index contributed by atoms with van der Waals surface area (Å²) in [4.78, 5) is 33.4. The van der Waals surface area contributed by atoms with Gasteiger partial charge in [0.2, 0.25) is 0 Å². The lowest BCUT2D eigenvalue weighted by Gasteiger charge is -2.17. The number of nitrogens with zero attached hydrogens (tertiary/aromatic N) is 2. The third-order valence-electron chi connectivity index (χ3n) is 5.01. The molecule has 0 saturated heterocycles. The Kier molecular flexibility index (Phi) is 5.25. The van der Waals surface area contributed by atoms with Crippen LogP contribution in [0.2, 0.25) is 0 Å². The first-order valence-electron chi connectivity index (χ1n) is 9.86. The van der Waals surface area contributed by atoms with Crippen LogP contribution in [-0.4, -0.2) is 33.6 Å². The Labute approximate surface area is 178 Å². The molecule has 0 bridgehead atoms. The molecule has 31 heavy (non-hydrogen) atoms. The van der Waals surface area contributed by atoms with E-state index in [1.54, 1.807) is 19.1 Å². The van der Waals surface area contributed by atoms with Crippen LogP contribution in [-0.2, 0) is 4.74 Å². The van der Waals surface area contributed by atoms with Gasteiger partial charge in [0.25, 0.3) is 0 Å². The maximum Gasteiger partial charge on any atom is 0.341 e. The van der Waals surface area contributed by atoms with E-state index in [0.29, 0.717) is 28.0 Å². The van der Waals surface area contributed by atoms with Crippen molar-refractivity contribution in [3.8, 4) is 0 Å². The second kappa shape index (κ2) is 8.02. The highest BCUT2D eigenvalue weighted by Crippen LogP contribution is 2.35. The van der Waals surface area contributed by atoms with Crippen molar-refractivity contribution in [3.63, 3.8) is 0 Å². The van der Waals surface area contributed by atoms with E-state index < -0.39 is 11.9 Å². The highest BCUT2D eigenvalue weighted by molar-refractivity contribution is 6.14. The number of aromatic nitrogens is 2. The van der Waals surface area contributed by atoms with Crippen molar-refractivity contribution in [2.75, 3.05) is 11.9 Å². The summed E-state index contributed by atoms with van der Waals surface area (Å²) in [6.07, 6.45) is 1.49. The van der Waals surface area contributed by atoms with Crippen molar-refractivity contribution in [1.29, 1.82) is 0 Å². The summed E-state index contributed by atoms with van der Waals surface area (Å²) in [6, 6.07) is 12.3. The molecule has 4 aromatic rings. The number of hydrogen-bond donors (Lipinski definition) is 2. The molecule has 0 aliphatic carbocycles. The number of carbonyl (C=O) groups excluding carboxylic acids is 1. The van der Waals surface area contributed by atoms with Gasteiger partial charge >= 0.3 is 11.9 Å². The third kappa shape index (κ3) is 3.77. The normalized spacial score (nSPS) is 10.9. The summed E-state index contributed by atoms with van der Waals surface area (Å²) >= 11 is 0. The van der Waals surface area contributed by atoms with Crippen LogP contribution in [0.15, 0.2) is 48.7 Å². The predicted octanol–water partition coefficient (Wildman–Crippen LogP) is 5.02. The summed E-state index contributed by atoms with van der Waals surface area (Å²) in [6.45, 7) is 5.81.